The van der Waals surface area contributed by atoms with E-state index >= 15 is 0 Å². The van der Waals surface area contributed by atoms with E-state index in [2.05, 4.69) is 78.3 Å². The summed E-state index contributed by atoms with van der Waals surface area (Å²) in [5, 5.41) is 13.5. The fourth-order valence-corrected chi connectivity index (χ4v) is 2.67. The fraction of sp³-hybridized carbons (Fsp3) is 0.400. The Morgan fingerprint density at radius 3 is 0.676 bits per heavy atom. The molecule has 0 amide bonds. The van der Waals surface area contributed by atoms with Crippen molar-refractivity contribution in [1.82, 2.24) is 0 Å². The Kier molecular flexibility index (Phi) is 13.9. The summed E-state index contributed by atoms with van der Waals surface area (Å²) in [7, 11) is 0. The third-order valence-corrected chi connectivity index (χ3v) is 3.66. The van der Waals surface area contributed by atoms with Crippen LogP contribution in [0, 0.1) is 0 Å². The third kappa shape index (κ3) is 18.2. The zero-order chi connectivity index (χ0) is 25.0. The first kappa shape index (κ1) is 31.7. The molecule has 0 aliphatic carbocycles. The molecule has 0 heterocycles. The van der Waals surface area contributed by atoms with Crippen molar-refractivity contribution in [2.45, 2.75) is 78.9 Å². The van der Waals surface area contributed by atoms with Crippen LogP contribution in [0.5, 0.6) is 0 Å². The Hall–Kier alpha value is -2.25. The van der Waals surface area contributed by atoms with Gasteiger partial charge in [-0.25, -0.2) is 0 Å². The molecular formula is C30H42MoN3. The molecule has 0 unspecified atom stereocenters. The molecule has 34 heavy (non-hydrogen) atoms. The van der Waals surface area contributed by atoms with Gasteiger partial charge in [0.1, 0.15) is 0 Å². The first-order valence-corrected chi connectivity index (χ1v) is 11.6. The Morgan fingerprint density at radius 1 is 0.353 bits per heavy atom. The van der Waals surface area contributed by atoms with Gasteiger partial charge in [-0.15, -0.1) is 33.7 Å². The van der Waals surface area contributed by atoms with E-state index in [-0.39, 0.29) is 37.7 Å². The summed E-state index contributed by atoms with van der Waals surface area (Å²) in [6.07, 6.45) is 0. The van der Waals surface area contributed by atoms with Crippen molar-refractivity contribution in [1.29, 1.82) is 0 Å². The predicted octanol–water partition coefficient (Wildman–Crippen LogP) is 10.5. The SMILES string of the molecule is CC(C)(C)[N-]c1ccccc1.CC(C)(C)[N-]c1ccccc1.CC(C)(C)[N-]c1ccccc1.[Mo+3]. The zero-order valence-corrected chi connectivity index (χ0v) is 24.4. The summed E-state index contributed by atoms with van der Waals surface area (Å²) in [4.78, 5) is 0. The second kappa shape index (κ2) is 14.9. The minimum Gasteiger partial charge on any atom is -0.680 e. The summed E-state index contributed by atoms with van der Waals surface area (Å²) in [6, 6.07) is 30.1. The summed E-state index contributed by atoms with van der Waals surface area (Å²) < 4.78 is 0. The van der Waals surface area contributed by atoms with Gasteiger partial charge in [0.05, 0.1) is 0 Å². The van der Waals surface area contributed by atoms with Crippen molar-refractivity contribution in [2.75, 3.05) is 0 Å². The summed E-state index contributed by atoms with van der Waals surface area (Å²) >= 11 is 0. The summed E-state index contributed by atoms with van der Waals surface area (Å²) in [5.41, 5.74) is 3.25. The summed E-state index contributed by atoms with van der Waals surface area (Å²) in [5.74, 6) is 0. The number of nitrogens with zero attached hydrogens (tertiary/aromatic N) is 3. The molecule has 0 bridgehead atoms. The summed E-state index contributed by atoms with van der Waals surface area (Å²) in [6.45, 7) is 18.9. The molecule has 0 atom stereocenters. The second-order valence-electron chi connectivity index (χ2n) is 10.9. The van der Waals surface area contributed by atoms with Crippen LogP contribution in [0.1, 0.15) is 62.3 Å². The predicted molar refractivity (Wildman–Crippen MR) is 148 cm³/mol. The number of hydrogen-bond donors (Lipinski definition) is 0. The molecule has 0 saturated heterocycles. The molecule has 0 spiro atoms. The van der Waals surface area contributed by atoms with E-state index in [0.29, 0.717) is 0 Å². The second-order valence-corrected chi connectivity index (χ2v) is 10.9. The minimum atomic E-state index is 0. The Bertz CT molecular complexity index is 753. The Morgan fingerprint density at radius 2 is 0.529 bits per heavy atom. The van der Waals surface area contributed by atoms with Gasteiger partial charge in [0.2, 0.25) is 0 Å². The minimum absolute atomic E-state index is 0. The molecule has 3 aromatic carbocycles. The number of hydrogen-bond acceptors (Lipinski definition) is 0. The molecule has 1 radical (unpaired) electrons. The third-order valence-electron chi connectivity index (χ3n) is 3.66. The number of benzene rings is 3. The van der Waals surface area contributed by atoms with E-state index in [1.54, 1.807) is 0 Å². The van der Waals surface area contributed by atoms with Crippen LogP contribution in [0.3, 0.4) is 0 Å². The van der Waals surface area contributed by atoms with Crippen molar-refractivity contribution in [3.8, 4) is 0 Å². The van der Waals surface area contributed by atoms with Gasteiger partial charge in [0.15, 0.2) is 0 Å². The number of rotatable bonds is 3. The largest absolute Gasteiger partial charge is 3.00 e. The quantitative estimate of drug-likeness (QED) is 0.297. The molecule has 183 valence electrons. The first-order valence-electron chi connectivity index (χ1n) is 11.6. The zero-order valence-electron chi connectivity index (χ0n) is 22.4. The van der Waals surface area contributed by atoms with Crippen molar-refractivity contribution in [3.63, 3.8) is 0 Å². The van der Waals surface area contributed by atoms with Gasteiger partial charge in [-0.2, -0.15) is 0 Å². The molecule has 0 saturated carbocycles. The van der Waals surface area contributed by atoms with Crippen LogP contribution < -0.4 is 0 Å². The van der Waals surface area contributed by atoms with Crippen LogP contribution >= 0.6 is 0 Å². The molecule has 3 rings (SSSR count). The maximum absolute atomic E-state index is 4.49. The van der Waals surface area contributed by atoms with Crippen molar-refractivity contribution in [2.24, 2.45) is 0 Å². The Labute approximate surface area is 223 Å². The van der Waals surface area contributed by atoms with E-state index in [9.17, 15) is 0 Å². The molecule has 0 fully saturated rings. The molecule has 0 aromatic heterocycles. The monoisotopic (exact) mass is 542 g/mol. The van der Waals surface area contributed by atoms with Gasteiger partial charge in [0.25, 0.3) is 0 Å². The van der Waals surface area contributed by atoms with Crippen molar-refractivity contribution < 1.29 is 21.1 Å². The Balaban J connectivity index is 0.000000473. The molecule has 0 N–H and O–H groups in total. The molecule has 0 aliphatic heterocycles. The molecule has 3 aromatic rings. The molecule has 4 heteroatoms. The van der Waals surface area contributed by atoms with Crippen LogP contribution in [0.4, 0.5) is 17.1 Å². The molecule has 3 nitrogen and oxygen atoms in total. The standard InChI is InChI=1S/3C10H14N.Mo/c3*1-10(2,3)11-9-7-5-4-6-8-9;/h3*4-8H,1-3H3;/q3*-1;+3. The van der Waals surface area contributed by atoms with Crippen LogP contribution in [-0.4, -0.2) is 16.6 Å². The fourth-order valence-electron chi connectivity index (χ4n) is 2.67. The van der Waals surface area contributed by atoms with Gasteiger partial charge < -0.3 is 16.0 Å². The van der Waals surface area contributed by atoms with E-state index < -0.39 is 0 Å². The van der Waals surface area contributed by atoms with Gasteiger partial charge in [-0.05, 0) is 0 Å². The van der Waals surface area contributed by atoms with E-state index in [1.807, 2.05) is 91.0 Å². The van der Waals surface area contributed by atoms with E-state index in [4.69, 9.17) is 0 Å². The van der Waals surface area contributed by atoms with Gasteiger partial charge in [-0.3, -0.25) is 0 Å². The molecule has 0 aliphatic rings. The van der Waals surface area contributed by atoms with Gasteiger partial charge >= 0.3 is 21.1 Å². The van der Waals surface area contributed by atoms with Crippen LogP contribution in [0.15, 0.2) is 91.0 Å². The first-order chi connectivity index (χ1) is 15.2. The van der Waals surface area contributed by atoms with Crippen molar-refractivity contribution >= 4 is 17.1 Å². The van der Waals surface area contributed by atoms with E-state index in [0.717, 1.165) is 17.1 Å². The van der Waals surface area contributed by atoms with Crippen LogP contribution in [-0.2, 0) is 21.1 Å². The van der Waals surface area contributed by atoms with Gasteiger partial charge in [0, 0.05) is 0 Å². The van der Waals surface area contributed by atoms with Crippen LogP contribution in [0.25, 0.3) is 16.0 Å². The van der Waals surface area contributed by atoms with Crippen molar-refractivity contribution in [3.05, 3.63) is 107 Å². The maximum Gasteiger partial charge on any atom is 3.00 e. The van der Waals surface area contributed by atoms with Crippen LogP contribution in [0.2, 0.25) is 0 Å². The smallest absolute Gasteiger partial charge is 0.680 e. The normalized spacial score (nSPS) is 10.9. The average molecular weight is 541 g/mol. The van der Waals surface area contributed by atoms with Gasteiger partial charge in [-0.1, -0.05) is 153 Å². The van der Waals surface area contributed by atoms with E-state index in [1.165, 1.54) is 0 Å². The average Bonchev–Trinajstić information content (AvgIpc) is 2.67. The topological polar surface area (TPSA) is 42.3 Å². The maximum atomic E-state index is 4.49. The number of para-hydroxylation sites is 3. The molecular weight excluding hydrogens is 498 g/mol.